The number of hydrogen-bond donors (Lipinski definition) is 1. The average Bonchev–Trinajstić information content (AvgIpc) is 3.09. The van der Waals surface area contributed by atoms with Crippen molar-refractivity contribution < 1.29 is 14.1 Å². The number of esters is 1. The van der Waals surface area contributed by atoms with E-state index in [1.165, 1.54) is 11.3 Å². The summed E-state index contributed by atoms with van der Waals surface area (Å²) in [6, 6.07) is 0. The molecule has 0 aliphatic heterocycles. The van der Waals surface area contributed by atoms with Crippen LogP contribution in [0.5, 0.6) is 0 Å². The van der Waals surface area contributed by atoms with Gasteiger partial charge in [0.15, 0.2) is 5.82 Å². The zero-order chi connectivity index (χ0) is 17.3. The summed E-state index contributed by atoms with van der Waals surface area (Å²) in [5.41, 5.74) is 0.806. The van der Waals surface area contributed by atoms with E-state index in [4.69, 9.17) is 9.26 Å². The molecule has 0 bridgehead atoms. The van der Waals surface area contributed by atoms with E-state index in [-0.39, 0.29) is 5.97 Å². The molecule has 3 rings (SSSR count). The minimum Gasteiger partial charge on any atom is -0.462 e. The van der Waals surface area contributed by atoms with Gasteiger partial charge in [-0.25, -0.2) is 14.8 Å². The Balaban J connectivity index is 1.98. The van der Waals surface area contributed by atoms with Crippen LogP contribution in [-0.4, -0.2) is 32.7 Å². The summed E-state index contributed by atoms with van der Waals surface area (Å²) in [4.78, 5) is 26.4. The minimum absolute atomic E-state index is 0.333. The third-order valence-corrected chi connectivity index (χ3v) is 4.51. The van der Waals surface area contributed by atoms with Gasteiger partial charge in [0.2, 0.25) is 5.89 Å². The second kappa shape index (κ2) is 6.52. The van der Waals surface area contributed by atoms with Crippen LogP contribution >= 0.6 is 11.3 Å². The third kappa shape index (κ3) is 3.07. The highest BCUT2D eigenvalue weighted by atomic mass is 32.1. The first-order valence-corrected chi connectivity index (χ1v) is 8.29. The van der Waals surface area contributed by atoms with Crippen LogP contribution in [0.1, 0.15) is 39.7 Å². The van der Waals surface area contributed by atoms with Gasteiger partial charge in [0.25, 0.3) is 0 Å². The van der Waals surface area contributed by atoms with Gasteiger partial charge >= 0.3 is 5.97 Å². The molecular formula is C15H17N5O3S. The molecule has 3 aromatic rings. The molecule has 0 saturated carbocycles. The van der Waals surface area contributed by atoms with Crippen molar-refractivity contribution >= 4 is 33.3 Å². The van der Waals surface area contributed by atoms with Crippen molar-refractivity contribution in [1.82, 2.24) is 20.1 Å². The van der Waals surface area contributed by atoms with Crippen molar-refractivity contribution in [3.8, 4) is 0 Å². The van der Waals surface area contributed by atoms with Crippen LogP contribution in [-0.2, 0) is 11.3 Å². The summed E-state index contributed by atoms with van der Waals surface area (Å²) in [7, 11) is 0. The maximum absolute atomic E-state index is 12.1. The standard InChI is InChI=1S/C15H17N5O3S/c1-5-22-15(21)12-7(2)11-13(17-8(3)18-14(11)24-12)16-6-10-19-9(4)23-20-10/h5-6H2,1-4H3,(H,16,17,18). The lowest BCUT2D eigenvalue weighted by atomic mass is 10.2. The molecular weight excluding hydrogens is 330 g/mol. The molecule has 126 valence electrons. The Morgan fingerprint density at radius 1 is 1.25 bits per heavy atom. The summed E-state index contributed by atoms with van der Waals surface area (Å²) < 4.78 is 10.1. The Bertz CT molecular complexity index is 902. The Kier molecular flexibility index (Phi) is 4.43. The van der Waals surface area contributed by atoms with Gasteiger partial charge in [0.05, 0.1) is 18.5 Å². The molecule has 3 aromatic heterocycles. The molecule has 0 saturated heterocycles. The number of carbonyl (C=O) groups excluding carboxylic acids is 1. The highest BCUT2D eigenvalue weighted by Crippen LogP contribution is 2.34. The quantitative estimate of drug-likeness (QED) is 0.703. The molecule has 0 fully saturated rings. The lowest BCUT2D eigenvalue weighted by molar-refractivity contribution is 0.0531. The minimum atomic E-state index is -0.338. The van der Waals surface area contributed by atoms with Crippen LogP contribution in [0.4, 0.5) is 5.82 Å². The van der Waals surface area contributed by atoms with Crippen LogP contribution in [0.25, 0.3) is 10.2 Å². The molecule has 0 radical (unpaired) electrons. The van der Waals surface area contributed by atoms with E-state index in [0.717, 1.165) is 15.8 Å². The van der Waals surface area contributed by atoms with Crippen molar-refractivity contribution in [2.24, 2.45) is 0 Å². The number of hydrogen-bond acceptors (Lipinski definition) is 9. The summed E-state index contributed by atoms with van der Waals surface area (Å²) in [6.07, 6.45) is 0. The first kappa shape index (κ1) is 16.3. The number of thiophene rings is 1. The SMILES string of the molecule is CCOC(=O)c1sc2nc(C)nc(NCc3noc(C)n3)c2c1C. The van der Waals surface area contributed by atoms with E-state index in [2.05, 4.69) is 25.4 Å². The maximum Gasteiger partial charge on any atom is 0.348 e. The van der Waals surface area contributed by atoms with Gasteiger partial charge in [0.1, 0.15) is 21.3 Å². The predicted molar refractivity (Wildman–Crippen MR) is 89.2 cm³/mol. The number of ether oxygens (including phenoxy) is 1. The fourth-order valence-corrected chi connectivity index (χ4v) is 3.46. The number of carbonyl (C=O) groups is 1. The number of nitrogens with zero attached hydrogens (tertiary/aromatic N) is 4. The summed E-state index contributed by atoms with van der Waals surface area (Å²) in [6.45, 7) is 7.89. The molecule has 0 spiro atoms. The molecule has 0 amide bonds. The molecule has 0 unspecified atom stereocenters. The molecule has 1 N–H and O–H groups in total. The van der Waals surface area contributed by atoms with Gasteiger partial charge in [-0.1, -0.05) is 5.16 Å². The normalized spacial score (nSPS) is 11.0. The predicted octanol–water partition coefficient (Wildman–Crippen LogP) is 2.79. The van der Waals surface area contributed by atoms with Crippen molar-refractivity contribution in [2.45, 2.75) is 34.2 Å². The third-order valence-electron chi connectivity index (χ3n) is 3.35. The number of nitrogens with one attached hydrogen (secondary N) is 1. The largest absolute Gasteiger partial charge is 0.462 e. The Labute approximate surface area is 142 Å². The smallest absolute Gasteiger partial charge is 0.348 e. The van der Waals surface area contributed by atoms with Gasteiger partial charge < -0.3 is 14.6 Å². The van der Waals surface area contributed by atoms with E-state index in [9.17, 15) is 4.79 Å². The Morgan fingerprint density at radius 2 is 2.04 bits per heavy atom. The van der Waals surface area contributed by atoms with Crippen LogP contribution in [0, 0.1) is 20.8 Å². The highest BCUT2D eigenvalue weighted by Gasteiger charge is 2.21. The monoisotopic (exact) mass is 347 g/mol. The first-order chi connectivity index (χ1) is 11.5. The van der Waals surface area contributed by atoms with Crippen molar-refractivity contribution in [2.75, 3.05) is 11.9 Å². The number of aryl methyl sites for hydroxylation is 3. The molecule has 9 heteroatoms. The molecule has 8 nitrogen and oxygen atoms in total. The molecule has 0 aliphatic carbocycles. The molecule has 24 heavy (non-hydrogen) atoms. The Hall–Kier alpha value is -2.55. The first-order valence-electron chi connectivity index (χ1n) is 7.47. The number of anilines is 1. The lowest BCUT2D eigenvalue weighted by Crippen LogP contribution is -2.06. The maximum atomic E-state index is 12.1. The van der Waals surface area contributed by atoms with Crippen LogP contribution in [0.2, 0.25) is 0 Å². The molecule has 3 heterocycles. The second-order valence-electron chi connectivity index (χ2n) is 5.16. The number of fused-ring (bicyclic) bond motifs is 1. The average molecular weight is 347 g/mol. The fraction of sp³-hybridized carbons (Fsp3) is 0.400. The molecule has 0 atom stereocenters. The zero-order valence-corrected chi connectivity index (χ0v) is 14.7. The van der Waals surface area contributed by atoms with Crippen LogP contribution in [0.15, 0.2) is 4.52 Å². The Morgan fingerprint density at radius 3 is 2.71 bits per heavy atom. The summed E-state index contributed by atoms with van der Waals surface area (Å²) in [5, 5.41) is 7.87. The van der Waals surface area contributed by atoms with E-state index in [0.29, 0.717) is 41.4 Å². The highest BCUT2D eigenvalue weighted by molar-refractivity contribution is 7.20. The zero-order valence-electron chi connectivity index (χ0n) is 13.8. The lowest BCUT2D eigenvalue weighted by Gasteiger charge is -2.06. The summed E-state index contributed by atoms with van der Waals surface area (Å²) >= 11 is 1.31. The van der Waals surface area contributed by atoms with E-state index in [1.54, 1.807) is 13.8 Å². The summed E-state index contributed by atoms with van der Waals surface area (Å²) in [5.74, 6) is 1.97. The van der Waals surface area contributed by atoms with E-state index >= 15 is 0 Å². The van der Waals surface area contributed by atoms with E-state index < -0.39 is 0 Å². The molecule has 0 aromatic carbocycles. The van der Waals surface area contributed by atoms with Gasteiger partial charge in [-0.3, -0.25) is 0 Å². The van der Waals surface area contributed by atoms with Gasteiger partial charge in [-0.2, -0.15) is 4.98 Å². The second-order valence-corrected chi connectivity index (χ2v) is 6.16. The van der Waals surface area contributed by atoms with Gasteiger partial charge in [-0.15, -0.1) is 11.3 Å². The van der Waals surface area contributed by atoms with Gasteiger partial charge in [0, 0.05) is 6.92 Å². The van der Waals surface area contributed by atoms with Crippen molar-refractivity contribution in [3.05, 3.63) is 28.0 Å². The van der Waals surface area contributed by atoms with Gasteiger partial charge in [-0.05, 0) is 26.3 Å². The van der Waals surface area contributed by atoms with Crippen LogP contribution < -0.4 is 5.32 Å². The number of aromatic nitrogens is 4. The number of rotatable bonds is 5. The van der Waals surface area contributed by atoms with Crippen LogP contribution in [0.3, 0.4) is 0 Å². The van der Waals surface area contributed by atoms with Crippen molar-refractivity contribution in [1.29, 1.82) is 0 Å². The van der Waals surface area contributed by atoms with E-state index in [1.807, 2.05) is 13.8 Å². The van der Waals surface area contributed by atoms with Crippen molar-refractivity contribution in [3.63, 3.8) is 0 Å². The fourth-order valence-electron chi connectivity index (χ4n) is 2.34. The topological polar surface area (TPSA) is 103 Å². The molecule has 0 aliphatic rings.